The fourth-order valence-electron chi connectivity index (χ4n) is 8.49. The van der Waals surface area contributed by atoms with Crippen LogP contribution in [0.5, 0.6) is 0 Å². The van der Waals surface area contributed by atoms with Gasteiger partial charge in [0.2, 0.25) is 11.8 Å². The molecule has 0 radical (unpaired) electrons. The van der Waals surface area contributed by atoms with E-state index in [4.69, 9.17) is 9.72 Å². The Hall–Kier alpha value is -6.38. The number of amides is 5. The van der Waals surface area contributed by atoms with Gasteiger partial charge in [-0.15, -0.1) is 0 Å². The van der Waals surface area contributed by atoms with Crippen molar-refractivity contribution in [2.75, 3.05) is 25.5 Å². The van der Waals surface area contributed by atoms with Gasteiger partial charge in [-0.2, -0.15) is 0 Å². The first-order valence-corrected chi connectivity index (χ1v) is 20.4. The number of fused-ring (bicyclic) bond motifs is 3. The van der Waals surface area contributed by atoms with E-state index in [0.717, 1.165) is 65.3 Å². The average molecular weight is 805 g/mol. The summed E-state index contributed by atoms with van der Waals surface area (Å²) in [5.74, 6) is -0.478. The molecule has 3 aromatic carbocycles. The summed E-state index contributed by atoms with van der Waals surface area (Å²) < 4.78 is 7.08. The first kappa shape index (κ1) is 40.8. The van der Waals surface area contributed by atoms with Gasteiger partial charge in [-0.3, -0.25) is 14.4 Å². The first-order valence-electron chi connectivity index (χ1n) is 20.4. The molecule has 5 N–H and O–H groups in total. The molecular weight excluding hydrogens is 753 g/mol. The van der Waals surface area contributed by atoms with Crippen LogP contribution in [0.4, 0.5) is 15.3 Å². The number of anilines is 1. The summed E-state index contributed by atoms with van der Waals surface area (Å²) in [5.41, 5.74) is 4.93. The third-order valence-corrected chi connectivity index (χ3v) is 11.5. The summed E-state index contributed by atoms with van der Waals surface area (Å²) in [6.07, 6.45) is 4.38. The van der Waals surface area contributed by atoms with Crippen molar-refractivity contribution in [2.45, 2.75) is 90.0 Å². The van der Waals surface area contributed by atoms with E-state index in [-0.39, 0.29) is 29.7 Å². The minimum absolute atomic E-state index is 0.213. The number of nitrogens with zero attached hydrogens (tertiary/aromatic N) is 4. The van der Waals surface area contributed by atoms with Crippen LogP contribution in [-0.4, -0.2) is 91.6 Å². The molecule has 7 rings (SSSR count). The third-order valence-electron chi connectivity index (χ3n) is 11.5. The van der Waals surface area contributed by atoms with E-state index in [1.54, 1.807) is 40.3 Å². The van der Waals surface area contributed by atoms with Crippen molar-refractivity contribution >= 4 is 57.4 Å². The van der Waals surface area contributed by atoms with Crippen LogP contribution in [0.3, 0.4) is 0 Å². The monoisotopic (exact) mass is 804 g/mol. The molecule has 0 bridgehead atoms. The smallest absolute Gasteiger partial charge is 0.407 e. The molecule has 15 heteroatoms. The van der Waals surface area contributed by atoms with Crippen LogP contribution in [-0.2, 0) is 25.7 Å². The summed E-state index contributed by atoms with van der Waals surface area (Å²) in [6, 6.07) is 18.2. The third kappa shape index (κ3) is 8.45. The van der Waals surface area contributed by atoms with Gasteiger partial charge in [-0.05, 0) is 61.8 Å². The lowest BCUT2D eigenvalue weighted by molar-refractivity contribution is -0.138. The Balaban J connectivity index is 1.14. The molecule has 15 nitrogen and oxygen atoms in total. The molecule has 5 aromatic rings. The minimum Gasteiger partial charge on any atom is -0.465 e. The molecule has 0 saturated carbocycles. The molecule has 2 saturated heterocycles. The van der Waals surface area contributed by atoms with Crippen LogP contribution in [0.25, 0.3) is 33.1 Å². The van der Waals surface area contributed by atoms with Gasteiger partial charge >= 0.3 is 12.2 Å². The van der Waals surface area contributed by atoms with Crippen molar-refractivity contribution in [1.29, 1.82) is 0 Å². The maximum absolute atomic E-state index is 13.9. The highest BCUT2D eigenvalue weighted by molar-refractivity contribution is 6.10. The number of hydrogen-bond donors (Lipinski definition) is 5. The Kier molecular flexibility index (Phi) is 12.2. The van der Waals surface area contributed by atoms with E-state index in [1.807, 2.05) is 44.2 Å². The van der Waals surface area contributed by atoms with E-state index in [0.29, 0.717) is 43.0 Å². The van der Waals surface area contributed by atoms with Gasteiger partial charge < -0.3 is 45.1 Å². The number of aryl methyl sites for hydroxylation is 1. The number of likely N-dealkylation sites (tertiary alicyclic amines) is 2. The largest absolute Gasteiger partial charge is 0.465 e. The SMILES string of the molecule is CCCCn1c2cc(NC(=O)[C@@H]3CCCN3C(=O)[C@H](NC(=O)OC)c3ccccc3)ccc2c2ccc(-c3cnc([C@@H]4CCCN4C(=O)[C@@H](NC(=O)O)C(C)C)[nH]3)cc21. The van der Waals surface area contributed by atoms with Crippen LogP contribution in [0, 0.1) is 5.92 Å². The fourth-order valence-corrected chi connectivity index (χ4v) is 8.49. The molecule has 59 heavy (non-hydrogen) atoms. The zero-order chi connectivity index (χ0) is 41.8. The summed E-state index contributed by atoms with van der Waals surface area (Å²) in [5, 5.41) is 19.6. The molecule has 0 aliphatic carbocycles. The molecule has 0 spiro atoms. The van der Waals surface area contributed by atoms with Gasteiger partial charge in [0, 0.05) is 47.2 Å². The van der Waals surface area contributed by atoms with Gasteiger partial charge in [0.1, 0.15) is 23.9 Å². The van der Waals surface area contributed by atoms with Crippen LogP contribution in [0.1, 0.15) is 82.8 Å². The van der Waals surface area contributed by atoms with Crippen molar-refractivity contribution in [1.82, 2.24) is 35.0 Å². The number of ether oxygens (including phenoxy) is 1. The predicted octanol–water partition coefficient (Wildman–Crippen LogP) is 6.97. The van der Waals surface area contributed by atoms with E-state index in [9.17, 15) is 29.1 Å². The van der Waals surface area contributed by atoms with E-state index in [1.165, 1.54) is 7.11 Å². The maximum atomic E-state index is 13.9. The molecule has 5 amide bonds. The number of aromatic nitrogens is 3. The number of imidazole rings is 1. The number of carbonyl (C=O) groups excluding carboxylic acids is 4. The summed E-state index contributed by atoms with van der Waals surface area (Å²) >= 11 is 0. The number of hydrogen-bond acceptors (Lipinski definition) is 7. The number of nitrogens with one attached hydrogen (secondary N) is 4. The topological polar surface area (TPSA) is 191 Å². The maximum Gasteiger partial charge on any atom is 0.407 e. The molecule has 2 aromatic heterocycles. The molecule has 0 unspecified atom stereocenters. The highest BCUT2D eigenvalue weighted by atomic mass is 16.5. The number of methoxy groups -OCH3 is 1. The van der Waals surface area contributed by atoms with Crippen LogP contribution in [0.15, 0.2) is 72.9 Å². The molecule has 4 heterocycles. The summed E-state index contributed by atoms with van der Waals surface area (Å²) in [4.78, 5) is 76.6. The van der Waals surface area contributed by atoms with Crippen molar-refractivity contribution < 1.29 is 33.8 Å². The van der Waals surface area contributed by atoms with Gasteiger partial charge in [-0.1, -0.05) is 75.7 Å². The van der Waals surface area contributed by atoms with Crippen LogP contribution >= 0.6 is 0 Å². The Bertz CT molecular complexity index is 2350. The molecule has 2 aliphatic heterocycles. The molecule has 310 valence electrons. The average Bonchev–Trinajstić information content (AvgIpc) is 4.06. The Morgan fingerprint density at radius 3 is 2.32 bits per heavy atom. The van der Waals surface area contributed by atoms with Gasteiger partial charge in [0.05, 0.1) is 30.6 Å². The standard InChI is InChI=1S/C44H52N8O7/c1-5-6-20-50-35-23-28(32-25-45-39(47-32)33-14-10-21-51(33)41(54)37(26(2)3)48-43(56)57)16-18-30(35)31-19-17-29(24-36(31)50)46-40(53)34-15-11-22-52(34)42(55)38(49-44(58)59-4)27-12-8-7-9-13-27/h7-9,12-13,16-19,23-26,33-34,37-38,48H,5-6,10-11,14-15,20-22H2,1-4H3,(H,45,47)(H,46,53)(H,49,58)(H,56,57)/t33-,34-,37-,38+/m0/s1. The number of unbranched alkanes of at least 4 members (excludes halogenated alkanes) is 1. The second-order valence-electron chi connectivity index (χ2n) is 15.7. The number of alkyl carbamates (subject to hydrolysis) is 1. The zero-order valence-corrected chi connectivity index (χ0v) is 33.9. The van der Waals surface area contributed by atoms with Crippen molar-refractivity contribution in [3.05, 3.63) is 84.3 Å². The number of benzene rings is 3. The Labute approximate surface area is 342 Å². The zero-order valence-electron chi connectivity index (χ0n) is 33.9. The van der Waals surface area contributed by atoms with E-state index in [2.05, 4.69) is 44.6 Å². The normalized spacial score (nSPS) is 17.6. The van der Waals surface area contributed by atoms with Gasteiger partial charge in [0.25, 0.3) is 5.91 Å². The second kappa shape index (κ2) is 17.6. The van der Waals surface area contributed by atoms with Crippen LogP contribution < -0.4 is 16.0 Å². The van der Waals surface area contributed by atoms with Gasteiger partial charge in [0.15, 0.2) is 0 Å². The molecule has 2 fully saturated rings. The lowest BCUT2D eigenvalue weighted by Gasteiger charge is -2.29. The highest BCUT2D eigenvalue weighted by Gasteiger charge is 2.39. The Morgan fingerprint density at radius 1 is 0.898 bits per heavy atom. The quantitative estimate of drug-likeness (QED) is 0.0843. The van der Waals surface area contributed by atoms with Crippen molar-refractivity contribution in [3.8, 4) is 11.3 Å². The number of carbonyl (C=O) groups is 5. The minimum atomic E-state index is -1.23. The summed E-state index contributed by atoms with van der Waals surface area (Å²) in [6.45, 7) is 7.46. The lowest BCUT2D eigenvalue weighted by Crippen LogP contribution is -2.50. The van der Waals surface area contributed by atoms with Gasteiger partial charge in [-0.25, -0.2) is 14.6 Å². The predicted molar refractivity (Wildman–Crippen MR) is 223 cm³/mol. The number of carboxylic acid groups (broad SMARTS) is 1. The van der Waals surface area contributed by atoms with Crippen molar-refractivity contribution in [2.24, 2.45) is 5.92 Å². The number of aromatic amines is 1. The number of rotatable bonds is 13. The summed E-state index contributed by atoms with van der Waals surface area (Å²) in [7, 11) is 1.24. The van der Waals surface area contributed by atoms with Crippen molar-refractivity contribution in [3.63, 3.8) is 0 Å². The fraction of sp³-hybridized carbons (Fsp3) is 0.409. The Morgan fingerprint density at radius 2 is 1.61 bits per heavy atom. The van der Waals surface area contributed by atoms with E-state index >= 15 is 0 Å². The lowest BCUT2D eigenvalue weighted by atomic mass is 10.0. The highest BCUT2D eigenvalue weighted by Crippen LogP contribution is 2.36. The van der Waals surface area contributed by atoms with Crippen LogP contribution in [0.2, 0.25) is 0 Å². The number of H-pyrrole nitrogens is 1. The molecule has 2 aliphatic rings. The van der Waals surface area contributed by atoms with E-state index < -0.39 is 30.3 Å². The molecular formula is C44H52N8O7. The second-order valence-corrected chi connectivity index (χ2v) is 15.7. The molecule has 4 atom stereocenters. The first-order chi connectivity index (χ1) is 28.5.